The number of ether oxygens (including phenoxy) is 1. The van der Waals surface area contributed by atoms with E-state index in [1.54, 1.807) is 0 Å². The first-order valence-electron chi connectivity index (χ1n) is 9.43. The molecule has 0 bridgehead atoms. The molecule has 1 aromatic rings. The van der Waals surface area contributed by atoms with E-state index in [1.165, 1.54) is 0 Å². The number of amides is 2. The number of hydrogen-bond acceptors (Lipinski definition) is 3. The van der Waals surface area contributed by atoms with Crippen molar-refractivity contribution < 1.29 is 9.53 Å². The Labute approximate surface area is 151 Å². The van der Waals surface area contributed by atoms with Crippen LogP contribution in [0.2, 0.25) is 0 Å². The predicted octanol–water partition coefficient (Wildman–Crippen LogP) is 2.57. The highest BCUT2D eigenvalue weighted by Gasteiger charge is 2.42. The lowest BCUT2D eigenvalue weighted by atomic mass is 9.84. The minimum absolute atomic E-state index is 0.0465. The van der Waals surface area contributed by atoms with Crippen LogP contribution in [0.5, 0.6) is 0 Å². The Morgan fingerprint density at radius 2 is 2.12 bits per heavy atom. The van der Waals surface area contributed by atoms with Crippen LogP contribution in [0, 0.1) is 11.8 Å². The molecule has 2 fully saturated rings. The Kier molecular flexibility index (Phi) is 5.97. The summed E-state index contributed by atoms with van der Waals surface area (Å²) < 4.78 is 6.08. The first-order chi connectivity index (χ1) is 12.0. The maximum atomic E-state index is 12.6. The average Bonchev–Trinajstić information content (AvgIpc) is 3.02. The Balaban J connectivity index is 1.53. The number of likely N-dealkylation sites (tertiary alicyclic amines) is 1. The zero-order valence-electron chi connectivity index (χ0n) is 15.6. The summed E-state index contributed by atoms with van der Waals surface area (Å²) in [4.78, 5) is 16.9. The van der Waals surface area contributed by atoms with Gasteiger partial charge in [0.15, 0.2) is 0 Å². The molecule has 0 spiro atoms. The SMILES string of the molecule is CC(C)N(C)C[C@H]1OC[C@@H]2CCN(C(=O)NCc3ccccc3)C[C@@H]21. The van der Waals surface area contributed by atoms with Crippen molar-refractivity contribution in [3.63, 3.8) is 0 Å². The van der Waals surface area contributed by atoms with Gasteiger partial charge >= 0.3 is 6.03 Å². The largest absolute Gasteiger partial charge is 0.376 e. The van der Waals surface area contributed by atoms with E-state index in [9.17, 15) is 4.79 Å². The highest BCUT2D eigenvalue weighted by molar-refractivity contribution is 5.74. The van der Waals surface area contributed by atoms with Crippen molar-refractivity contribution in [2.75, 3.05) is 33.3 Å². The van der Waals surface area contributed by atoms with Crippen LogP contribution >= 0.6 is 0 Å². The molecule has 2 saturated heterocycles. The zero-order valence-corrected chi connectivity index (χ0v) is 15.6. The molecular formula is C20H31N3O2. The second kappa shape index (κ2) is 8.19. The number of urea groups is 1. The van der Waals surface area contributed by atoms with Gasteiger partial charge in [-0.05, 0) is 38.8 Å². The Morgan fingerprint density at radius 1 is 1.36 bits per heavy atom. The van der Waals surface area contributed by atoms with Crippen LogP contribution in [0.25, 0.3) is 0 Å². The summed E-state index contributed by atoms with van der Waals surface area (Å²) in [5.41, 5.74) is 1.13. The van der Waals surface area contributed by atoms with Gasteiger partial charge in [0.1, 0.15) is 0 Å². The van der Waals surface area contributed by atoms with Gasteiger partial charge in [-0.2, -0.15) is 0 Å². The number of carbonyl (C=O) groups is 1. The minimum atomic E-state index is 0.0465. The fourth-order valence-electron chi connectivity index (χ4n) is 3.78. The van der Waals surface area contributed by atoms with E-state index in [4.69, 9.17) is 4.74 Å². The monoisotopic (exact) mass is 345 g/mol. The number of piperidine rings is 1. The van der Waals surface area contributed by atoms with Gasteiger partial charge in [-0.25, -0.2) is 4.79 Å². The summed E-state index contributed by atoms with van der Waals surface area (Å²) in [6, 6.07) is 10.6. The standard InChI is InChI=1S/C20H31N3O2/c1-15(2)22(3)13-19-18-12-23(10-9-17(18)14-25-19)20(24)21-11-16-7-5-4-6-8-16/h4-8,15,17-19H,9-14H2,1-3H3,(H,21,24)/t17-,18-,19+/m0/s1. The lowest BCUT2D eigenvalue weighted by Gasteiger charge is -2.37. The van der Waals surface area contributed by atoms with Crippen LogP contribution < -0.4 is 5.32 Å². The van der Waals surface area contributed by atoms with Crippen LogP contribution in [-0.4, -0.2) is 61.3 Å². The topological polar surface area (TPSA) is 44.8 Å². The van der Waals surface area contributed by atoms with Gasteiger partial charge in [-0.3, -0.25) is 0 Å². The molecule has 0 unspecified atom stereocenters. The summed E-state index contributed by atoms with van der Waals surface area (Å²) in [6.45, 7) is 8.42. The molecule has 3 atom stereocenters. The average molecular weight is 345 g/mol. The van der Waals surface area contributed by atoms with Crippen LogP contribution in [0.15, 0.2) is 30.3 Å². The lowest BCUT2D eigenvalue weighted by Crippen LogP contribution is -2.50. The Hall–Kier alpha value is -1.59. The fourth-order valence-corrected chi connectivity index (χ4v) is 3.78. The minimum Gasteiger partial charge on any atom is -0.376 e. The van der Waals surface area contributed by atoms with E-state index in [2.05, 4.69) is 31.1 Å². The third-order valence-electron chi connectivity index (χ3n) is 5.73. The van der Waals surface area contributed by atoms with E-state index in [0.29, 0.717) is 24.4 Å². The van der Waals surface area contributed by atoms with E-state index in [-0.39, 0.29) is 12.1 Å². The number of carbonyl (C=O) groups excluding carboxylic acids is 1. The molecule has 0 radical (unpaired) electrons. The van der Waals surface area contributed by atoms with E-state index < -0.39 is 0 Å². The summed E-state index contributed by atoms with van der Waals surface area (Å²) in [5.74, 6) is 1.06. The summed E-state index contributed by atoms with van der Waals surface area (Å²) in [7, 11) is 2.15. The molecule has 3 rings (SSSR count). The normalized spacial score (nSPS) is 26.1. The molecule has 25 heavy (non-hydrogen) atoms. The van der Waals surface area contributed by atoms with Crippen molar-refractivity contribution in [2.45, 2.75) is 39.0 Å². The van der Waals surface area contributed by atoms with Gasteiger partial charge in [-0.15, -0.1) is 0 Å². The molecule has 2 aliphatic rings. The molecule has 1 aromatic carbocycles. The molecule has 1 N–H and O–H groups in total. The summed E-state index contributed by atoms with van der Waals surface area (Å²) in [5, 5.41) is 3.06. The maximum Gasteiger partial charge on any atom is 0.317 e. The zero-order chi connectivity index (χ0) is 17.8. The second-order valence-electron chi connectivity index (χ2n) is 7.71. The first-order valence-corrected chi connectivity index (χ1v) is 9.43. The molecule has 2 heterocycles. The van der Waals surface area contributed by atoms with Crippen LogP contribution in [-0.2, 0) is 11.3 Å². The van der Waals surface area contributed by atoms with Crippen molar-refractivity contribution in [3.8, 4) is 0 Å². The van der Waals surface area contributed by atoms with Gasteiger partial charge in [0.05, 0.1) is 12.7 Å². The van der Waals surface area contributed by atoms with Crippen LogP contribution in [0.1, 0.15) is 25.8 Å². The molecule has 2 amide bonds. The predicted molar refractivity (Wildman–Crippen MR) is 99.4 cm³/mol. The van der Waals surface area contributed by atoms with Crippen LogP contribution in [0.4, 0.5) is 4.79 Å². The van der Waals surface area contributed by atoms with Gasteiger partial charge < -0.3 is 19.9 Å². The number of hydrogen-bond donors (Lipinski definition) is 1. The lowest BCUT2D eigenvalue weighted by molar-refractivity contribution is 0.0471. The Bertz CT molecular complexity index is 563. The van der Waals surface area contributed by atoms with Gasteiger partial charge in [0.25, 0.3) is 0 Å². The van der Waals surface area contributed by atoms with Crippen molar-refractivity contribution in [1.82, 2.24) is 15.1 Å². The summed E-state index contributed by atoms with van der Waals surface area (Å²) in [6.07, 6.45) is 1.29. The molecule has 0 aliphatic carbocycles. The fraction of sp³-hybridized carbons (Fsp3) is 0.650. The molecular weight excluding hydrogens is 314 g/mol. The molecule has 0 saturated carbocycles. The smallest absolute Gasteiger partial charge is 0.317 e. The van der Waals surface area contributed by atoms with Crippen LogP contribution in [0.3, 0.4) is 0 Å². The van der Waals surface area contributed by atoms with Crippen molar-refractivity contribution in [1.29, 1.82) is 0 Å². The highest BCUT2D eigenvalue weighted by Crippen LogP contribution is 2.34. The third-order valence-corrected chi connectivity index (χ3v) is 5.73. The molecule has 5 nitrogen and oxygen atoms in total. The van der Waals surface area contributed by atoms with E-state index in [1.807, 2.05) is 35.2 Å². The third kappa shape index (κ3) is 4.53. The van der Waals surface area contributed by atoms with Crippen molar-refractivity contribution in [3.05, 3.63) is 35.9 Å². The van der Waals surface area contributed by atoms with Gasteiger partial charge in [-0.1, -0.05) is 30.3 Å². The Morgan fingerprint density at radius 3 is 2.84 bits per heavy atom. The highest BCUT2D eigenvalue weighted by atomic mass is 16.5. The van der Waals surface area contributed by atoms with E-state index >= 15 is 0 Å². The number of benzene rings is 1. The van der Waals surface area contributed by atoms with Gasteiger partial charge in [0.2, 0.25) is 0 Å². The maximum absolute atomic E-state index is 12.6. The number of fused-ring (bicyclic) bond motifs is 1. The molecule has 0 aromatic heterocycles. The number of rotatable bonds is 5. The first kappa shape index (κ1) is 18.2. The van der Waals surface area contributed by atoms with Gasteiger partial charge in [0, 0.05) is 38.1 Å². The molecule has 2 aliphatic heterocycles. The number of likely N-dealkylation sites (N-methyl/N-ethyl adjacent to an activating group) is 1. The van der Waals surface area contributed by atoms with Crippen molar-refractivity contribution in [2.24, 2.45) is 11.8 Å². The van der Waals surface area contributed by atoms with Crippen molar-refractivity contribution >= 4 is 6.03 Å². The second-order valence-corrected chi connectivity index (χ2v) is 7.71. The quantitative estimate of drug-likeness (QED) is 0.892. The molecule has 138 valence electrons. The summed E-state index contributed by atoms with van der Waals surface area (Å²) >= 11 is 0. The molecule has 5 heteroatoms. The van der Waals surface area contributed by atoms with E-state index in [0.717, 1.165) is 38.2 Å². The number of nitrogens with one attached hydrogen (secondary N) is 1. The number of nitrogens with zero attached hydrogens (tertiary/aromatic N) is 2.